The van der Waals surface area contributed by atoms with E-state index in [9.17, 15) is 14.7 Å². The highest BCUT2D eigenvalue weighted by Crippen LogP contribution is 2.11. The van der Waals surface area contributed by atoms with Gasteiger partial charge in [0, 0.05) is 13.7 Å². The standard InChI is InChI=1S/C14H19NO5/c1-20-7-3-6-12(14(18)19)15-13(17)9-10-4-2-5-11(16)8-10/h2,4-5,8,12,16H,3,6-7,9H2,1H3,(H,15,17)(H,18,19). The average molecular weight is 281 g/mol. The Kier molecular flexibility index (Phi) is 6.52. The van der Waals surface area contributed by atoms with Gasteiger partial charge in [0.1, 0.15) is 11.8 Å². The van der Waals surface area contributed by atoms with Crippen molar-refractivity contribution in [2.24, 2.45) is 0 Å². The molecule has 0 aromatic heterocycles. The van der Waals surface area contributed by atoms with Crippen LogP contribution in [0.4, 0.5) is 0 Å². The molecule has 20 heavy (non-hydrogen) atoms. The van der Waals surface area contributed by atoms with Crippen LogP contribution in [0.3, 0.4) is 0 Å². The second-order valence-electron chi connectivity index (χ2n) is 4.44. The Morgan fingerprint density at radius 1 is 1.40 bits per heavy atom. The Balaban J connectivity index is 2.51. The third-order valence-electron chi connectivity index (χ3n) is 2.75. The van der Waals surface area contributed by atoms with Crippen molar-refractivity contribution in [3.63, 3.8) is 0 Å². The lowest BCUT2D eigenvalue weighted by molar-refractivity contribution is -0.142. The lowest BCUT2D eigenvalue weighted by Gasteiger charge is -2.14. The fraction of sp³-hybridized carbons (Fsp3) is 0.429. The normalized spacial score (nSPS) is 11.8. The van der Waals surface area contributed by atoms with Crippen molar-refractivity contribution in [2.45, 2.75) is 25.3 Å². The van der Waals surface area contributed by atoms with Crippen molar-refractivity contribution >= 4 is 11.9 Å². The number of methoxy groups -OCH3 is 1. The van der Waals surface area contributed by atoms with Crippen LogP contribution in [0.15, 0.2) is 24.3 Å². The van der Waals surface area contributed by atoms with Crippen molar-refractivity contribution in [2.75, 3.05) is 13.7 Å². The fourth-order valence-electron chi connectivity index (χ4n) is 1.79. The van der Waals surface area contributed by atoms with E-state index in [1.807, 2.05) is 0 Å². The van der Waals surface area contributed by atoms with Gasteiger partial charge in [0.05, 0.1) is 6.42 Å². The third kappa shape index (κ3) is 5.71. The molecule has 1 aromatic carbocycles. The summed E-state index contributed by atoms with van der Waals surface area (Å²) in [7, 11) is 1.54. The molecule has 0 aliphatic rings. The average Bonchev–Trinajstić information content (AvgIpc) is 2.37. The predicted molar refractivity (Wildman–Crippen MR) is 72.5 cm³/mol. The van der Waals surface area contributed by atoms with Gasteiger partial charge in [0.15, 0.2) is 0 Å². The summed E-state index contributed by atoms with van der Waals surface area (Å²) in [5.41, 5.74) is 0.628. The van der Waals surface area contributed by atoms with Crippen LogP contribution >= 0.6 is 0 Å². The number of carbonyl (C=O) groups excluding carboxylic acids is 1. The van der Waals surface area contributed by atoms with Gasteiger partial charge in [-0.15, -0.1) is 0 Å². The van der Waals surface area contributed by atoms with Crippen molar-refractivity contribution in [1.29, 1.82) is 0 Å². The minimum Gasteiger partial charge on any atom is -0.508 e. The van der Waals surface area contributed by atoms with Gasteiger partial charge in [-0.05, 0) is 30.5 Å². The number of ether oxygens (including phenoxy) is 1. The van der Waals surface area contributed by atoms with E-state index < -0.39 is 12.0 Å². The maximum Gasteiger partial charge on any atom is 0.326 e. The summed E-state index contributed by atoms with van der Waals surface area (Å²) >= 11 is 0. The molecule has 0 aliphatic heterocycles. The predicted octanol–water partition coefficient (Wildman–Crippen LogP) is 0.931. The number of carboxylic acids is 1. The number of rotatable bonds is 8. The number of carboxylic acid groups (broad SMARTS) is 1. The van der Waals surface area contributed by atoms with Gasteiger partial charge in [-0.25, -0.2) is 4.79 Å². The summed E-state index contributed by atoms with van der Waals surface area (Å²) in [6, 6.07) is 5.38. The zero-order valence-corrected chi connectivity index (χ0v) is 11.3. The Labute approximate surface area is 117 Å². The van der Waals surface area contributed by atoms with Crippen molar-refractivity contribution in [3.05, 3.63) is 29.8 Å². The molecule has 0 aliphatic carbocycles. The number of phenols is 1. The first kappa shape index (κ1) is 16.0. The number of hydrogen-bond acceptors (Lipinski definition) is 4. The number of aliphatic carboxylic acids is 1. The molecular formula is C14H19NO5. The number of carbonyl (C=O) groups is 2. The Bertz CT molecular complexity index is 461. The summed E-state index contributed by atoms with van der Waals surface area (Å²) in [5, 5.41) is 20.8. The van der Waals surface area contributed by atoms with E-state index in [1.165, 1.54) is 19.2 Å². The van der Waals surface area contributed by atoms with E-state index in [1.54, 1.807) is 12.1 Å². The molecule has 0 saturated heterocycles. The minimum absolute atomic E-state index is 0.0302. The van der Waals surface area contributed by atoms with Crippen molar-refractivity contribution in [1.82, 2.24) is 5.32 Å². The molecule has 0 fully saturated rings. The van der Waals surface area contributed by atoms with Crippen LogP contribution in [0.5, 0.6) is 5.75 Å². The van der Waals surface area contributed by atoms with Crippen LogP contribution in [0.1, 0.15) is 18.4 Å². The van der Waals surface area contributed by atoms with E-state index in [0.717, 1.165) is 0 Å². The number of benzene rings is 1. The molecule has 6 nitrogen and oxygen atoms in total. The van der Waals surface area contributed by atoms with Crippen molar-refractivity contribution < 1.29 is 24.5 Å². The van der Waals surface area contributed by atoms with E-state index in [2.05, 4.69) is 5.32 Å². The molecule has 3 N–H and O–H groups in total. The zero-order valence-electron chi connectivity index (χ0n) is 11.3. The van der Waals surface area contributed by atoms with Crippen LogP contribution in [0.25, 0.3) is 0 Å². The van der Waals surface area contributed by atoms with Gasteiger partial charge in [-0.1, -0.05) is 12.1 Å². The molecule has 1 rings (SSSR count). The molecule has 0 heterocycles. The van der Waals surface area contributed by atoms with Gasteiger partial charge in [0.25, 0.3) is 0 Å². The first-order chi connectivity index (χ1) is 9.52. The molecule has 110 valence electrons. The maximum absolute atomic E-state index is 11.8. The third-order valence-corrected chi connectivity index (χ3v) is 2.75. The van der Waals surface area contributed by atoms with E-state index in [4.69, 9.17) is 9.84 Å². The van der Waals surface area contributed by atoms with Crippen LogP contribution in [-0.4, -0.2) is 41.8 Å². The molecule has 1 unspecified atom stereocenters. The van der Waals surface area contributed by atoms with Gasteiger partial charge in [-0.2, -0.15) is 0 Å². The number of aromatic hydroxyl groups is 1. The lowest BCUT2D eigenvalue weighted by atomic mass is 10.1. The number of hydrogen-bond donors (Lipinski definition) is 3. The van der Waals surface area contributed by atoms with Gasteiger partial charge < -0.3 is 20.3 Å². The highest BCUT2D eigenvalue weighted by Gasteiger charge is 2.19. The first-order valence-corrected chi connectivity index (χ1v) is 6.32. The largest absolute Gasteiger partial charge is 0.508 e. The summed E-state index contributed by atoms with van der Waals surface area (Å²) in [4.78, 5) is 22.8. The highest BCUT2D eigenvalue weighted by molar-refractivity contribution is 5.84. The topological polar surface area (TPSA) is 95.9 Å². The SMILES string of the molecule is COCCCC(NC(=O)Cc1cccc(O)c1)C(=O)O. The second-order valence-corrected chi connectivity index (χ2v) is 4.44. The fourth-order valence-corrected chi connectivity index (χ4v) is 1.79. The summed E-state index contributed by atoms with van der Waals surface area (Å²) in [5.74, 6) is -1.38. The molecule has 6 heteroatoms. The number of nitrogens with one attached hydrogen (secondary N) is 1. The van der Waals surface area contributed by atoms with Crippen LogP contribution < -0.4 is 5.32 Å². The second kappa shape index (κ2) is 8.16. The van der Waals surface area contributed by atoms with E-state index in [0.29, 0.717) is 25.0 Å². The summed E-state index contributed by atoms with van der Waals surface area (Å²) in [6.07, 6.45) is 0.900. The van der Waals surface area contributed by atoms with E-state index >= 15 is 0 Å². The summed E-state index contributed by atoms with van der Waals surface area (Å²) < 4.78 is 4.85. The number of phenolic OH excluding ortho intramolecular Hbond substituents is 1. The van der Waals surface area contributed by atoms with Crippen molar-refractivity contribution in [3.8, 4) is 5.75 Å². The first-order valence-electron chi connectivity index (χ1n) is 6.32. The molecular weight excluding hydrogens is 262 g/mol. The monoisotopic (exact) mass is 281 g/mol. The zero-order chi connectivity index (χ0) is 15.0. The quantitative estimate of drug-likeness (QED) is 0.616. The molecule has 0 bridgehead atoms. The van der Waals surface area contributed by atoms with Crippen LogP contribution in [0, 0.1) is 0 Å². The summed E-state index contributed by atoms with van der Waals surface area (Å²) in [6.45, 7) is 0.451. The van der Waals surface area contributed by atoms with E-state index in [-0.39, 0.29) is 18.1 Å². The Morgan fingerprint density at radius 3 is 2.75 bits per heavy atom. The highest BCUT2D eigenvalue weighted by atomic mass is 16.5. The van der Waals surface area contributed by atoms with Gasteiger partial charge >= 0.3 is 5.97 Å². The number of amides is 1. The maximum atomic E-state index is 11.8. The lowest BCUT2D eigenvalue weighted by Crippen LogP contribution is -2.41. The molecule has 1 aromatic rings. The Hall–Kier alpha value is -2.08. The molecule has 0 spiro atoms. The molecule has 0 saturated carbocycles. The minimum atomic E-state index is -1.06. The molecule has 1 amide bonds. The van der Waals surface area contributed by atoms with Gasteiger partial charge in [-0.3, -0.25) is 4.79 Å². The molecule has 0 radical (unpaired) electrons. The Morgan fingerprint density at radius 2 is 2.15 bits per heavy atom. The van der Waals surface area contributed by atoms with Crippen LogP contribution in [-0.2, 0) is 20.7 Å². The van der Waals surface area contributed by atoms with Gasteiger partial charge in [0.2, 0.25) is 5.91 Å². The van der Waals surface area contributed by atoms with Crippen LogP contribution in [0.2, 0.25) is 0 Å². The molecule has 1 atom stereocenters. The smallest absolute Gasteiger partial charge is 0.326 e.